The van der Waals surface area contributed by atoms with Gasteiger partial charge in [-0.15, -0.1) is 0 Å². The molecule has 0 atom stereocenters. The topological polar surface area (TPSA) is 44.8 Å². The van der Waals surface area contributed by atoms with Gasteiger partial charge in [0.05, 0.1) is 18.8 Å². The van der Waals surface area contributed by atoms with Crippen LogP contribution in [0.15, 0.2) is 42.5 Å². The van der Waals surface area contributed by atoms with Crippen LogP contribution in [0.3, 0.4) is 0 Å². The van der Waals surface area contributed by atoms with E-state index in [0.717, 1.165) is 31.4 Å². The molecule has 0 N–H and O–H groups in total. The van der Waals surface area contributed by atoms with Crippen LogP contribution in [0.2, 0.25) is 0 Å². The molecule has 188 valence electrons. The normalized spacial score (nSPS) is 10.8. The van der Waals surface area contributed by atoms with Gasteiger partial charge in [-0.2, -0.15) is 0 Å². The van der Waals surface area contributed by atoms with Crippen LogP contribution >= 0.6 is 0 Å². The van der Waals surface area contributed by atoms with Gasteiger partial charge in [0.15, 0.2) is 11.6 Å². The summed E-state index contributed by atoms with van der Waals surface area (Å²) >= 11 is 0. The third-order valence-corrected chi connectivity index (χ3v) is 5.73. The minimum atomic E-state index is -0.540. The number of benzene rings is 2. The molecule has 4 nitrogen and oxygen atoms in total. The van der Waals surface area contributed by atoms with Crippen molar-refractivity contribution in [3.05, 3.63) is 53.8 Å². The third-order valence-electron chi connectivity index (χ3n) is 5.73. The SMILES string of the molecule is CCCCCCCCCOc1ccc(OC(=O)c2ccc(OCCCCCCC)cc2)cc1F. The highest BCUT2D eigenvalue weighted by molar-refractivity contribution is 5.91. The van der Waals surface area contributed by atoms with Crippen molar-refractivity contribution in [1.29, 1.82) is 0 Å². The Hall–Kier alpha value is -2.56. The summed E-state index contributed by atoms with van der Waals surface area (Å²) < 4.78 is 31.0. The molecule has 0 bridgehead atoms. The van der Waals surface area contributed by atoms with Crippen molar-refractivity contribution in [2.45, 2.75) is 90.9 Å². The fraction of sp³-hybridized carbons (Fsp3) is 0.552. The van der Waals surface area contributed by atoms with Gasteiger partial charge in [0.1, 0.15) is 11.5 Å². The fourth-order valence-corrected chi connectivity index (χ4v) is 3.65. The molecular weight excluding hydrogens is 431 g/mol. The van der Waals surface area contributed by atoms with E-state index in [9.17, 15) is 9.18 Å². The van der Waals surface area contributed by atoms with Crippen LogP contribution in [0.4, 0.5) is 4.39 Å². The highest BCUT2D eigenvalue weighted by atomic mass is 19.1. The number of hydrogen-bond acceptors (Lipinski definition) is 4. The molecule has 0 heterocycles. The first-order valence-electron chi connectivity index (χ1n) is 13.0. The van der Waals surface area contributed by atoms with Crippen LogP contribution in [0.1, 0.15) is 101 Å². The highest BCUT2D eigenvalue weighted by Gasteiger charge is 2.12. The lowest BCUT2D eigenvalue weighted by molar-refractivity contribution is 0.0734. The first-order chi connectivity index (χ1) is 16.6. The smallest absolute Gasteiger partial charge is 0.343 e. The Morgan fingerprint density at radius 1 is 0.676 bits per heavy atom. The van der Waals surface area contributed by atoms with E-state index in [1.165, 1.54) is 63.5 Å². The molecule has 0 amide bonds. The maximum absolute atomic E-state index is 14.4. The first kappa shape index (κ1) is 27.7. The summed E-state index contributed by atoms with van der Waals surface area (Å²) in [6.45, 7) is 5.55. The summed E-state index contributed by atoms with van der Waals surface area (Å²) in [7, 11) is 0. The molecule has 2 aromatic rings. The fourth-order valence-electron chi connectivity index (χ4n) is 3.65. The van der Waals surface area contributed by atoms with Gasteiger partial charge in [-0.3, -0.25) is 0 Å². The number of hydrogen-bond donors (Lipinski definition) is 0. The minimum Gasteiger partial charge on any atom is -0.494 e. The second-order valence-corrected chi connectivity index (χ2v) is 8.74. The average molecular weight is 473 g/mol. The second-order valence-electron chi connectivity index (χ2n) is 8.74. The number of halogens is 1. The molecule has 0 aromatic heterocycles. The van der Waals surface area contributed by atoms with E-state index in [0.29, 0.717) is 18.8 Å². The standard InChI is InChI=1S/C29H41FO4/c1-3-5-7-9-10-12-14-22-33-28-20-19-26(23-27(28)30)34-29(31)24-15-17-25(18-16-24)32-21-13-11-8-6-4-2/h15-20,23H,3-14,21-22H2,1-2H3. The van der Waals surface area contributed by atoms with Crippen LogP contribution in [0.5, 0.6) is 17.2 Å². The van der Waals surface area contributed by atoms with Crippen LogP contribution in [0, 0.1) is 5.82 Å². The summed E-state index contributed by atoms with van der Waals surface area (Å²) in [4.78, 5) is 12.4. The van der Waals surface area contributed by atoms with E-state index < -0.39 is 11.8 Å². The van der Waals surface area contributed by atoms with E-state index >= 15 is 0 Å². The van der Waals surface area contributed by atoms with Gasteiger partial charge in [-0.1, -0.05) is 78.1 Å². The zero-order chi connectivity index (χ0) is 24.4. The van der Waals surface area contributed by atoms with Gasteiger partial charge in [0.2, 0.25) is 0 Å². The van der Waals surface area contributed by atoms with Crippen LogP contribution in [0.25, 0.3) is 0 Å². The molecule has 0 fully saturated rings. The second kappa shape index (κ2) is 17.0. The van der Waals surface area contributed by atoms with Gasteiger partial charge >= 0.3 is 5.97 Å². The van der Waals surface area contributed by atoms with Crippen molar-refractivity contribution in [2.75, 3.05) is 13.2 Å². The number of rotatable bonds is 18. The first-order valence-corrected chi connectivity index (χ1v) is 13.0. The Morgan fingerprint density at radius 2 is 1.21 bits per heavy atom. The van der Waals surface area contributed by atoms with Crippen molar-refractivity contribution >= 4 is 5.97 Å². The lowest BCUT2D eigenvalue weighted by Crippen LogP contribution is -2.09. The monoisotopic (exact) mass is 472 g/mol. The van der Waals surface area contributed by atoms with Crippen molar-refractivity contribution in [1.82, 2.24) is 0 Å². The Balaban J connectivity index is 1.71. The average Bonchev–Trinajstić information content (AvgIpc) is 2.84. The van der Waals surface area contributed by atoms with Gasteiger partial charge in [0, 0.05) is 6.07 Å². The summed E-state index contributed by atoms with van der Waals surface area (Å²) in [5, 5.41) is 0. The van der Waals surface area contributed by atoms with Gasteiger partial charge in [-0.05, 0) is 49.2 Å². The van der Waals surface area contributed by atoms with E-state index in [4.69, 9.17) is 14.2 Å². The number of carbonyl (C=O) groups is 1. The van der Waals surface area contributed by atoms with Crippen LogP contribution < -0.4 is 14.2 Å². The molecule has 0 aliphatic rings. The Bertz CT molecular complexity index is 819. The summed E-state index contributed by atoms with van der Waals surface area (Å²) in [6, 6.07) is 11.1. The lowest BCUT2D eigenvalue weighted by Gasteiger charge is -2.10. The van der Waals surface area contributed by atoms with E-state index in [1.54, 1.807) is 30.3 Å². The molecule has 34 heavy (non-hydrogen) atoms. The zero-order valence-corrected chi connectivity index (χ0v) is 21.0. The molecule has 2 aromatic carbocycles. The number of carbonyl (C=O) groups excluding carboxylic acids is 1. The Morgan fingerprint density at radius 3 is 1.79 bits per heavy atom. The predicted octanol–water partition coefficient (Wildman–Crippen LogP) is 8.52. The quantitative estimate of drug-likeness (QED) is 0.124. The van der Waals surface area contributed by atoms with Crippen LogP contribution in [-0.4, -0.2) is 19.2 Å². The number of ether oxygens (including phenoxy) is 3. The van der Waals surface area contributed by atoms with E-state index in [1.807, 2.05) is 0 Å². The minimum absolute atomic E-state index is 0.151. The van der Waals surface area contributed by atoms with Crippen molar-refractivity contribution in [3.8, 4) is 17.2 Å². The molecule has 0 saturated heterocycles. The van der Waals surface area contributed by atoms with Crippen molar-refractivity contribution in [3.63, 3.8) is 0 Å². The largest absolute Gasteiger partial charge is 0.494 e. The Labute approximate surface area is 204 Å². The Kier molecular flexibility index (Phi) is 13.8. The van der Waals surface area contributed by atoms with Crippen molar-refractivity contribution in [2.24, 2.45) is 0 Å². The molecule has 0 unspecified atom stereocenters. The number of unbranched alkanes of at least 4 members (excludes halogenated alkanes) is 10. The maximum atomic E-state index is 14.4. The van der Waals surface area contributed by atoms with Gasteiger partial charge < -0.3 is 14.2 Å². The molecule has 0 radical (unpaired) electrons. The van der Waals surface area contributed by atoms with Crippen LogP contribution in [-0.2, 0) is 0 Å². The van der Waals surface area contributed by atoms with Crippen molar-refractivity contribution < 1.29 is 23.4 Å². The maximum Gasteiger partial charge on any atom is 0.343 e. The van der Waals surface area contributed by atoms with E-state index in [-0.39, 0.29) is 11.5 Å². The molecule has 2 rings (SSSR count). The molecule has 5 heteroatoms. The number of esters is 1. The molecule has 0 spiro atoms. The van der Waals surface area contributed by atoms with Gasteiger partial charge in [-0.25, -0.2) is 9.18 Å². The summed E-state index contributed by atoms with van der Waals surface area (Å²) in [6.07, 6.45) is 14.1. The predicted molar refractivity (Wildman–Crippen MR) is 136 cm³/mol. The summed E-state index contributed by atoms with van der Waals surface area (Å²) in [5.74, 6) is -0.0149. The molecule has 0 aliphatic heterocycles. The van der Waals surface area contributed by atoms with Gasteiger partial charge in [0.25, 0.3) is 0 Å². The lowest BCUT2D eigenvalue weighted by atomic mass is 10.1. The van der Waals surface area contributed by atoms with E-state index in [2.05, 4.69) is 13.8 Å². The molecular formula is C29H41FO4. The zero-order valence-electron chi connectivity index (χ0n) is 21.0. The molecule has 0 aliphatic carbocycles. The molecule has 0 saturated carbocycles. The highest BCUT2D eigenvalue weighted by Crippen LogP contribution is 2.24. The summed E-state index contributed by atoms with van der Waals surface area (Å²) in [5.41, 5.74) is 0.384. The third kappa shape index (κ3) is 11.0.